The van der Waals surface area contributed by atoms with Gasteiger partial charge in [-0.1, -0.05) is 24.4 Å². The molecule has 15 heavy (non-hydrogen) atoms. The lowest BCUT2D eigenvalue weighted by Gasteiger charge is -2.26. The third-order valence-corrected chi connectivity index (χ3v) is 4.31. The fraction of sp³-hybridized carbons (Fsp3) is 0.714. The Morgan fingerprint density at radius 1 is 1.33 bits per heavy atom. The lowest BCUT2D eigenvalue weighted by molar-refractivity contribution is 0.393. The van der Waals surface area contributed by atoms with Gasteiger partial charge in [-0.05, 0) is 13.3 Å². The van der Waals surface area contributed by atoms with Crippen LogP contribution in [0.1, 0.15) is 13.3 Å². The highest BCUT2D eigenvalue weighted by Crippen LogP contribution is 2.23. The molecule has 4 N–H and O–H groups in total. The molecule has 0 aromatic heterocycles. The van der Waals surface area contributed by atoms with Crippen LogP contribution in [0.3, 0.4) is 0 Å². The summed E-state index contributed by atoms with van der Waals surface area (Å²) < 4.78 is 26.5. The zero-order valence-electron chi connectivity index (χ0n) is 8.52. The van der Waals surface area contributed by atoms with Crippen LogP contribution in [-0.4, -0.2) is 31.3 Å². The van der Waals surface area contributed by atoms with E-state index in [1.807, 2.05) is 0 Å². The summed E-state index contributed by atoms with van der Waals surface area (Å²) in [5.41, 5.74) is 10.0. The maximum absolute atomic E-state index is 11.1. The van der Waals surface area contributed by atoms with Crippen LogP contribution >= 0.6 is 24.4 Å². The molecule has 0 aliphatic rings. The van der Waals surface area contributed by atoms with Crippen molar-refractivity contribution in [1.29, 1.82) is 0 Å². The minimum absolute atomic E-state index is 0.0845. The van der Waals surface area contributed by atoms with E-state index in [4.69, 9.17) is 35.9 Å². The van der Waals surface area contributed by atoms with Crippen LogP contribution in [0, 0.1) is 5.41 Å². The molecular weight excluding hydrogens is 256 g/mol. The summed E-state index contributed by atoms with van der Waals surface area (Å²) in [6, 6.07) is 0. The average Bonchev–Trinajstić information content (AvgIpc) is 2.13. The molecule has 0 bridgehead atoms. The monoisotopic (exact) mass is 270 g/mol. The molecular formula is C7H14N2O3S3. The lowest BCUT2D eigenvalue weighted by atomic mass is 9.87. The van der Waals surface area contributed by atoms with Gasteiger partial charge in [-0.15, -0.1) is 0 Å². The van der Waals surface area contributed by atoms with Crippen LogP contribution in [0.4, 0.5) is 0 Å². The maximum Gasteiger partial charge on any atom is 0.267 e. The Morgan fingerprint density at radius 2 is 1.73 bits per heavy atom. The van der Waals surface area contributed by atoms with Gasteiger partial charge in [0, 0.05) is 0 Å². The first-order valence-electron chi connectivity index (χ1n) is 4.04. The number of nitrogens with two attached hydrogens (primary N) is 2. The van der Waals surface area contributed by atoms with Gasteiger partial charge < -0.3 is 11.5 Å². The molecule has 0 aliphatic carbocycles. The minimum atomic E-state index is -3.55. The second-order valence-corrected chi connectivity index (χ2v) is 5.98. The fourth-order valence-corrected chi connectivity index (χ4v) is 2.09. The van der Waals surface area contributed by atoms with E-state index in [1.54, 1.807) is 6.92 Å². The molecule has 0 aliphatic heterocycles. The normalized spacial score (nSPS) is 12.4. The first kappa shape index (κ1) is 14.7. The van der Waals surface area contributed by atoms with Crippen LogP contribution < -0.4 is 11.5 Å². The van der Waals surface area contributed by atoms with Gasteiger partial charge in [0.15, 0.2) is 0 Å². The van der Waals surface area contributed by atoms with Crippen molar-refractivity contribution in [1.82, 2.24) is 0 Å². The van der Waals surface area contributed by atoms with Crippen molar-refractivity contribution in [3.05, 3.63) is 0 Å². The summed E-state index contributed by atoms with van der Waals surface area (Å²) >= 11 is 9.61. The molecule has 0 fully saturated rings. The van der Waals surface area contributed by atoms with Gasteiger partial charge in [-0.2, -0.15) is 8.42 Å². The van der Waals surface area contributed by atoms with E-state index in [1.165, 1.54) is 0 Å². The Hall–Kier alpha value is -0.310. The van der Waals surface area contributed by atoms with Crippen LogP contribution in [0.25, 0.3) is 0 Å². The molecule has 5 nitrogen and oxygen atoms in total. The fourth-order valence-electron chi connectivity index (χ4n) is 0.780. The highest BCUT2D eigenvalue weighted by Gasteiger charge is 2.32. The van der Waals surface area contributed by atoms with Crippen molar-refractivity contribution in [2.75, 3.05) is 12.9 Å². The van der Waals surface area contributed by atoms with Crippen LogP contribution in [0.15, 0.2) is 0 Å². The predicted octanol–water partition coefficient (Wildman–Crippen LogP) is -0.0688. The summed E-state index contributed by atoms with van der Waals surface area (Å²) in [5.74, 6) is -0.228. The van der Waals surface area contributed by atoms with Gasteiger partial charge in [0.05, 0.1) is 28.3 Å². The number of hydrogen-bond acceptors (Lipinski definition) is 5. The molecule has 0 spiro atoms. The molecule has 0 amide bonds. The van der Waals surface area contributed by atoms with Gasteiger partial charge in [-0.3, -0.25) is 4.18 Å². The summed E-state index contributed by atoms with van der Waals surface area (Å²) in [6.45, 7) is 1.61. The molecule has 88 valence electrons. The standard InChI is InChI=1S/C7H14N2O3S3/c1-7(5(8)13,6(9)14)3-4-15(10,11)12-2/h3-4H2,1-2H3,(H2,8,13)(H2,9,14). The van der Waals surface area contributed by atoms with Gasteiger partial charge >= 0.3 is 0 Å². The van der Waals surface area contributed by atoms with Crippen molar-refractivity contribution in [2.24, 2.45) is 16.9 Å². The SMILES string of the molecule is COS(=O)(=O)CCC(C)(C(N)=S)C(N)=S. The smallest absolute Gasteiger partial charge is 0.267 e. The van der Waals surface area contributed by atoms with Crippen LogP contribution in [-0.2, 0) is 14.3 Å². The minimum Gasteiger partial charge on any atom is -0.393 e. The molecule has 8 heteroatoms. The zero-order valence-corrected chi connectivity index (χ0v) is 11.0. The average molecular weight is 270 g/mol. The van der Waals surface area contributed by atoms with Crippen molar-refractivity contribution >= 4 is 44.5 Å². The molecule has 0 aromatic carbocycles. The Morgan fingerprint density at radius 3 is 2.00 bits per heavy atom. The summed E-state index contributed by atoms with van der Waals surface area (Å²) in [5, 5.41) is 0. The molecule has 0 saturated heterocycles. The Kier molecular flexibility index (Phi) is 5.04. The Balaban J connectivity index is 4.75. The molecule has 0 heterocycles. The predicted molar refractivity (Wildman–Crippen MR) is 67.1 cm³/mol. The van der Waals surface area contributed by atoms with Crippen molar-refractivity contribution < 1.29 is 12.6 Å². The molecule has 0 aromatic rings. The van der Waals surface area contributed by atoms with Crippen molar-refractivity contribution in [2.45, 2.75) is 13.3 Å². The molecule has 0 radical (unpaired) electrons. The van der Waals surface area contributed by atoms with Gasteiger partial charge in [0.1, 0.15) is 0 Å². The van der Waals surface area contributed by atoms with Crippen LogP contribution in [0.2, 0.25) is 0 Å². The molecule has 0 rings (SSSR count). The van der Waals surface area contributed by atoms with E-state index in [9.17, 15) is 8.42 Å². The van der Waals surface area contributed by atoms with E-state index < -0.39 is 15.5 Å². The summed E-state index contributed by atoms with van der Waals surface area (Å²) in [6.07, 6.45) is 0.119. The first-order valence-corrected chi connectivity index (χ1v) is 6.43. The highest BCUT2D eigenvalue weighted by molar-refractivity contribution is 7.86. The van der Waals surface area contributed by atoms with Gasteiger partial charge in [0.2, 0.25) is 0 Å². The Bertz CT molecular complexity index is 350. The summed E-state index contributed by atoms with van der Waals surface area (Å²) in [7, 11) is -2.46. The van der Waals surface area contributed by atoms with Crippen molar-refractivity contribution in [3.8, 4) is 0 Å². The highest BCUT2D eigenvalue weighted by atomic mass is 32.2. The third kappa shape index (κ3) is 3.98. The topological polar surface area (TPSA) is 95.4 Å². The van der Waals surface area contributed by atoms with E-state index in [-0.39, 0.29) is 22.2 Å². The van der Waals surface area contributed by atoms with Crippen molar-refractivity contribution in [3.63, 3.8) is 0 Å². The molecule has 0 atom stereocenters. The quantitative estimate of drug-likeness (QED) is 0.515. The van der Waals surface area contributed by atoms with Gasteiger partial charge in [0.25, 0.3) is 10.1 Å². The maximum atomic E-state index is 11.1. The Labute approximate surface area is 100 Å². The largest absolute Gasteiger partial charge is 0.393 e. The number of rotatable bonds is 6. The number of thiocarbonyl (C=S) groups is 2. The molecule has 0 unspecified atom stereocenters. The second kappa shape index (κ2) is 5.15. The second-order valence-electron chi connectivity index (χ2n) is 3.24. The van der Waals surface area contributed by atoms with E-state index in [0.29, 0.717) is 0 Å². The van der Waals surface area contributed by atoms with E-state index >= 15 is 0 Å². The molecule has 0 saturated carbocycles. The summed E-state index contributed by atoms with van der Waals surface area (Å²) in [4.78, 5) is 0.169. The van der Waals surface area contributed by atoms with E-state index in [2.05, 4.69) is 4.18 Å². The third-order valence-electron chi connectivity index (χ3n) is 2.19. The van der Waals surface area contributed by atoms with Crippen LogP contribution in [0.5, 0.6) is 0 Å². The number of hydrogen-bond donors (Lipinski definition) is 2. The lowest BCUT2D eigenvalue weighted by Crippen LogP contribution is -2.44. The van der Waals surface area contributed by atoms with E-state index in [0.717, 1.165) is 7.11 Å². The first-order chi connectivity index (χ1) is 6.65. The van der Waals surface area contributed by atoms with Gasteiger partial charge in [-0.25, -0.2) is 0 Å². The zero-order chi connectivity index (χ0) is 12.3.